The number of ether oxygens (including phenoxy) is 1. The minimum Gasteiger partial charge on any atom is -0.463 e. The van der Waals surface area contributed by atoms with Gasteiger partial charge in [-0.1, -0.05) is 24.3 Å². The van der Waals surface area contributed by atoms with Crippen molar-refractivity contribution in [1.29, 1.82) is 0 Å². The summed E-state index contributed by atoms with van der Waals surface area (Å²) in [6.45, 7) is 7.98. The fourth-order valence-corrected chi connectivity index (χ4v) is 5.57. The number of hydrogen-bond acceptors (Lipinski definition) is 6. The Hall–Kier alpha value is -2.47. The Morgan fingerprint density at radius 2 is 1.75 bits per heavy atom. The van der Waals surface area contributed by atoms with E-state index in [0.717, 1.165) is 17.2 Å². The zero-order valence-electron chi connectivity index (χ0n) is 19.4. The van der Waals surface area contributed by atoms with Crippen LogP contribution >= 0.6 is 0 Å². The number of benzene rings is 1. The third-order valence-electron chi connectivity index (χ3n) is 7.52. The van der Waals surface area contributed by atoms with Crippen LogP contribution in [0.1, 0.15) is 75.8 Å². The Balaban J connectivity index is 1.24. The van der Waals surface area contributed by atoms with Crippen LogP contribution in [-0.4, -0.2) is 45.8 Å². The van der Waals surface area contributed by atoms with E-state index in [9.17, 15) is 0 Å². The Morgan fingerprint density at radius 1 is 1.03 bits per heavy atom. The van der Waals surface area contributed by atoms with Crippen LogP contribution in [0, 0.1) is 5.92 Å². The van der Waals surface area contributed by atoms with Gasteiger partial charge in [-0.15, -0.1) is 0 Å². The topological polar surface area (TPSA) is 76.6 Å². The van der Waals surface area contributed by atoms with Gasteiger partial charge in [0.25, 0.3) is 0 Å². The van der Waals surface area contributed by atoms with Crippen LogP contribution in [0.4, 0.5) is 11.5 Å². The van der Waals surface area contributed by atoms with Crippen molar-refractivity contribution < 1.29 is 4.74 Å². The molecule has 0 amide bonds. The van der Waals surface area contributed by atoms with Crippen LogP contribution in [-0.2, 0) is 0 Å². The molecule has 0 atom stereocenters. The molecule has 2 aliphatic heterocycles. The monoisotopic (exact) mass is 433 g/mol. The molecule has 6 nitrogen and oxygen atoms in total. The molecule has 0 bridgehead atoms. The van der Waals surface area contributed by atoms with E-state index < -0.39 is 5.60 Å². The molecule has 3 aliphatic rings. The fraction of sp³-hybridized carbons (Fsp3) is 0.577. The average Bonchev–Trinajstić information content (AvgIpc) is 3.31. The Bertz CT molecular complexity index is 970. The SMILES string of the molecule is CC1(C)Oc2ncnc(N)c2N=C1c1ccc(C2CCC(CCN3CCCC3)CC2)cc1. The lowest BCUT2D eigenvalue weighted by Crippen LogP contribution is -2.41. The molecule has 2 fully saturated rings. The van der Waals surface area contributed by atoms with Gasteiger partial charge in [-0.25, -0.2) is 9.98 Å². The number of nitrogens with two attached hydrogens (primary N) is 1. The van der Waals surface area contributed by atoms with E-state index in [0.29, 0.717) is 23.3 Å². The summed E-state index contributed by atoms with van der Waals surface area (Å²) in [4.78, 5) is 15.7. The normalized spacial score (nSPS) is 25.1. The third kappa shape index (κ3) is 4.38. The van der Waals surface area contributed by atoms with Crippen molar-refractivity contribution >= 4 is 17.2 Å². The molecule has 2 aromatic rings. The Labute approximate surface area is 191 Å². The molecule has 2 N–H and O–H groups in total. The fourth-order valence-electron chi connectivity index (χ4n) is 5.57. The molecule has 170 valence electrons. The van der Waals surface area contributed by atoms with E-state index >= 15 is 0 Å². The highest BCUT2D eigenvalue weighted by Gasteiger charge is 2.35. The van der Waals surface area contributed by atoms with Crippen molar-refractivity contribution in [2.75, 3.05) is 25.4 Å². The molecule has 5 rings (SSSR count). The highest BCUT2D eigenvalue weighted by molar-refractivity contribution is 6.09. The molecule has 0 radical (unpaired) electrons. The summed E-state index contributed by atoms with van der Waals surface area (Å²) in [6.07, 6.45) is 10.9. The molecule has 0 spiro atoms. The maximum atomic E-state index is 6.12. The molecular weight excluding hydrogens is 398 g/mol. The molecule has 1 saturated carbocycles. The number of hydrogen-bond donors (Lipinski definition) is 1. The van der Waals surface area contributed by atoms with Gasteiger partial charge >= 0.3 is 0 Å². The molecule has 1 aromatic carbocycles. The maximum absolute atomic E-state index is 6.12. The van der Waals surface area contributed by atoms with Crippen LogP contribution in [0.15, 0.2) is 35.6 Å². The molecule has 1 aromatic heterocycles. The average molecular weight is 434 g/mol. The predicted molar refractivity (Wildman–Crippen MR) is 129 cm³/mol. The summed E-state index contributed by atoms with van der Waals surface area (Å²) in [5.74, 6) is 2.38. The molecule has 3 heterocycles. The number of fused-ring (bicyclic) bond motifs is 1. The van der Waals surface area contributed by atoms with E-state index in [1.165, 1.54) is 76.5 Å². The first-order chi connectivity index (χ1) is 15.5. The summed E-state index contributed by atoms with van der Waals surface area (Å²) in [5, 5.41) is 0. The zero-order chi connectivity index (χ0) is 22.1. The zero-order valence-corrected chi connectivity index (χ0v) is 19.4. The van der Waals surface area contributed by atoms with Crippen LogP contribution in [0.3, 0.4) is 0 Å². The third-order valence-corrected chi connectivity index (χ3v) is 7.52. The second kappa shape index (κ2) is 8.81. The van der Waals surface area contributed by atoms with Crippen molar-refractivity contribution in [3.63, 3.8) is 0 Å². The van der Waals surface area contributed by atoms with Crippen LogP contribution in [0.25, 0.3) is 0 Å². The minimum atomic E-state index is -0.581. The smallest absolute Gasteiger partial charge is 0.246 e. The standard InChI is InChI=1S/C26H35N5O/c1-26(2)23(30-22-24(27)28-17-29-25(22)32-26)21-11-9-20(10-12-21)19-7-5-18(6-8-19)13-16-31-14-3-4-15-31/h9-12,17-19H,3-8,13-16H2,1-2H3,(H2,27,28,29). The summed E-state index contributed by atoms with van der Waals surface area (Å²) in [7, 11) is 0. The van der Waals surface area contributed by atoms with E-state index in [4.69, 9.17) is 15.5 Å². The minimum absolute atomic E-state index is 0.348. The summed E-state index contributed by atoms with van der Waals surface area (Å²) in [5.41, 5.74) is 9.34. The van der Waals surface area contributed by atoms with Gasteiger partial charge in [-0.05, 0) is 95.8 Å². The lowest BCUT2D eigenvalue weighted by atomic mass is 9.77. The van der Waals surface area contributed by atoms with Crippen LogP contribution < -0.4 is 10.5 Å². The molecule has 1 aliphatic carbocycles. The maximum Gasteiger partial charge on any atom is 0.246 e. The van der Waals surface area contributed by atoms with Crippen molar-refractivity contribution in [3.05, 3.63) is 41.7 Å². The first-order valence-electron chi connectivity index (χ1n) is 12.2. The van der Waals surface area contributed by atoms with Gasteiger partial charge in [0.15, 0.2) is 11.5 Å². The van der Waals surface area contributed by atoms with Gasteiger partial charge < -0.3 is 15.4 Å². The number of aromatic nitrogens is 2. The molecule has 0 unspecified atom stereocenters. The van der Waals surface area contributed by atoms with Gasteiger partial charge in [0.2, 0.25) is 5.88 Å². The number of aliphatic imine (C=N–C) groups is 1. The van der Waals surface area contributed by atoms with Gasteiger partial charge in [0.1, 0.15) is 11.9 Å². The quantitative estimate of drug-likeness (QED) is 0.709. The van der Waals surface area contributed by atoms with Crippen LogP contribution in [0.5, 0.6) is 5.88 Å². The largest absolute Gasteiger partial charge is 0.463 e. The van der Waals surface area contributed by atoms with E-state index in [-0.39, 0.29) is 0 Å². The Morgan fingerprint density at radius 3 is 2.47 bits per heavy atom. The first-order valence-corrected chi connectivity index (χ1v) is 12.2. The van der Waals surface area contributed by atoms with Gasteiger partial charge in [0, 0.05) is 5.56 Å². The predicted octanol–water partition coefficient (Wildman–Crippen LogP) is 5.11. The summed E-state index contributed by atoms with van der Waals surface area (Å²) >= 11 is 0. The molecule has 32 heavy (non-hydrogen) atoms. The van der Waals surface area contributed by atoms with Crippen molar-refractivity contribution in [2.24, 2.45) is 10.9 Å². The van der Waals surface area contributed by atoms with E-state index in [2.05, 4.69) is 39.1 Å². The highest BCUT2D eigenvalue weighted by atomic mass is 16.5. The first kappa shape index (κ1) is 21.4. The lowest BCUT2D eigenvalue weighted by molar-refractivity contribution is 0.171. The highest BCUT2D eigenvalue weighted by Crippen LogP contribution is 2.40. The summed E-state index contributed by atoms with van der Waals surface area (Å²) in [6, 6.07) is 8.93. The Kier molecular flexibility index (Phi) is 5.89. The second-order valence-electron chi connectivity index (χ2n) is 10.2. The van der Waals surface area contributed by atoms with Gasteiger partial charge in [-0.2, -0.15) is 4.98 Å². The van der Waals surface area contributed by atoms with Crippen molar-refractivity contribution in [3.8, 4) is 5.88 Å². The number of nitrogen functional groups attached to an aromatic ring is 1. The van der Waals surface area contributed by atoms with Crippen molar-refractivity contribution in [2.45, 2.75) is 70.3 Å². The molecule has 6 heteroatoms. The number of likely N-dealkylation sites (tertiary alicyclic amines) is 1. The van der Waals surface area contributed by atoms with Crippen LogP contribution in [0.2, 0.25) is 0 Å². The van der Waals surface area contributed by atoms with E-state index in [1.807, 2.05) is 13.8 Å². The van der Waals surface area contributed by atoms with E-state index in [1.54, 1.807) is 0 Å². The molecule has 1 saturated heterocycles. The molecular formula is C26H35N5O. The summed E-state index contributed by atoms with van der Waals surface area (Å²) < 4.78 is 6.12. The second-order valence-corrected chi connectivity index (χ2v) is 10.2. The number of nitrogens with zero attached hydrogens (tertiary/aromatic N) is 4. The van der Waals surface area contributed by atoms with Crippen molar-refractivity contribution in [1.82, 2.24) is 14.9 Å². The van der Waals surface area contributed by atoms with Gasteiger partial charge in [0.05, 0.1) is 5.71 Å². The number of anilines is 1. The van der Waals surface area contributed by atoms with Gasteiger partial charge in [-0.3, -0.25) is 0 Å². The number of rotatable bonds is 5. The lowest BCUT2D eigenvalue weighted by Gasteiger charge is -2.32.